The SMILES string of the molecule is CCCN(CC(=O)Nc1cc(C)on1)C(=O)c1cccs1. The fourth-order valence-corrected chi connectivity index (χ4v) is 2.55. The van der Waals surface area contributed by atoms with Crippen LogP contribution < -0.4 is 5.32 Å². The van der Waals surface area contributed by atoms with E-state index in [1.165, 1.54) is 16.2 Å². The minimum Gasteiger partial charge on any atom is -0.360 e. The molecule has 7 heteroatoms. The Morgan fingerprint density at radius 1 is 1.48 bits per heavy atom. The molecule has 112 valence electrons. The van der Waals surface area contributed by atoms with Gasteiger partial charge in [0.25, 0.3) is 5.91 Å². The lowest BCUT2D eigenvalue weighted by Crippen LogP contribution is -2.38. The summed E-state index contributed by atoms with van der Waals surface area (Å²) in [5.41, 5.74) is 0. The number of nitrogens with one attached hydrogen (secondary N) is 1. The summed E-state index contributed by atoms with van der Waals surface area (Å²) < 4.78 is 4.88. The zero-order chi connectivity index (χ0) is 15.2. The second kappa shape index (κ2) is 7.03. The Labute approximate surface area is 126 Å². The summed E-state index contributed by atoms with van der Waals surface area (Å²) in [6.07, 6.45) is 0.785. The summed E-state index contributed by atoms with van der Waals surface area (Å²) in [7, 11) is 0. The Hall–Kier alpha value is -2.15. The number of nitrogens with zero attached hydrogens (tertiary/aromatic N) is 2. The van der Waals surface area contributed by atoms with Crippen LogP contribution in [0.25, 0.3) is 0 Å². The fourth-order valence-electron chi connectivity index (χ4n) is 1.86. The van der Waals surface area contributed by atoms with Gasteiger partial charge in [0.2, 0.25) is 5.91 Å². The standard InChI is InChI=1S/C14H17N3O3S/c1-3-6-17(14(19)11-5-4-7-21-11)9-13(18)15-12-8-10(2)20-16-12/h4-5,7-8H,3,6,9H2,1-2H3,(H,15,16,18). The summed E-state index contributed by atoms with van der Waals surface area (Å²) in [6.45, 7) is 4.23. The van der Waals surface area contributed by atoms with Crippen molar-refractivity contribution in [3.05, 3.63) is 34.2 Å². The van der Waals surface area contributed by atoms with Crippen molar-refractivity contribution >= 4 is 29.0 Å². The third-order valence-corrected chi connectivity index (χ3v) is 3.60. The van der Waals surface area contributed by atoms with E-state index in [0.29, 0.717) is 23.0 Å². The number of hydrogen-bond acceptors (Lipinski definition) is 5. The predicted octanol–water partition coefficient (Wildman–Crippen LogP) is 2.54. The molecule has 0 atom stereocenters. The Balaban J connectivity index is 1.98. The topological polar surface area (TPSA) is 75.4 Å². The summed E-state index contributed by atoms with van der Waals surface area (Å²) in [4.78, 5) is 26.5. The molecule has 0 unspecified atom stereocenters. The van der Waals surface area contributed by atoms with Crippen LogP contribution in [0.2, 0.25) is 0 Å². The number of aromatic nitrogens is 1. The van der Waals surface area contributed by atoms with Gasteiger partial charge in [0.15, 0.2) is 5.82 Å². The number of carbonyl (C=O) groups excluding carboxylic acids is 2. The number of hydrogen-bond donors (Lipinski definition) is 1. The first-order chi connectivity index (χ1) is 10.1. The van der Waals surface area contributed by atoms with Crippen molar-refractivity contribution in [2.24, 2.45) is 0 Å². The van der Waals surface area contributed by atoms with Gasteiger partial charge in [-0.2, -0.15) is 0 Å². The maximum absolute atomic E-state index is 12.3. The van der Waals surface area contributed by atoms with Crippen molar-refractivity contribution in [2.75, 3.05) is 18.4 Å². The summed E-state index contributed by atoms with van der Waals surface area (Å²) in [6, 6.07) is 5.21. The first kappa shape index (κ1) is 15.2. The average Bonchev–Trinajstić information content (AvgIpc) is 3.09. The van der Waals surface area contributed by atoms with Crippen molar-refractivity contribution in [1.82, 2.24) is 10.1 Å². The average molecular weight is 307 g/mol. The van der Waals surface area contributed by atoms with Crippen molar-refractivity contribution in [3.8, 4) is 0 Å². The highest BCUT2D eigenvalue weighted by Crippen LogP contribution is 2.13. The smallest absolute Gasteiger partial charge is 0.264 e. The van der Waals surface area contributed by atoms with Crippen LogP contribution in [0.15, 0.2) is 28.1 Å². The normalized spacial score (nSPS) is 10.4. The van der Waals surface area contributed by atoms with Crippen molar-refractivity contribution < 1.29 is 14.1 Å². The lowest BCUT2D eigenvalue weighted by Gasteiger charge is -2.20. The van der Waals surface area contributed by atoms with E-state index in [1.54, 1.807) is 19.1 Å². The van der Waals surface area contributed by atoms with E-state index >= 15 is 0 Å². The highest BCUT2D eigenvalue weighted by Gasteiger charge is 2.19. The zero-order valence-corrected chi connectivity index (χ0v) is 12.8. The molecule has 0 saturated heterocycles. The molecule has 1 N–H and O–H groups in total. The molecule has 2 amide bonds. The fraction of sp³-hybridized carbons (Fsp3) is 0.357. The Kier molecular flexibility index (Phi) is 5.10. The maximum atomic E-state index is 12.3. The third kappa shape index (κ3) is 4.16. The van der Waals surface area contributed by atoms with Crippen LogP contribution in [0.1, 0.15) is 28.8 Å². The number of carbonyl (C=O) groups is 2. The highest BCUT2D eigenvalue weighted by molar-refractivity contribution is 7.12. The molecule has 2 aromatic heterocycles. The minimum absolute atomic E-state index is 0.00349. The van der Waals surface area contributed by atoms with E-state index < -0.39 is 0 Å². The summed E-state index contributed by atoms with van der Waals surface area (Å²) in [5, 5.41) is 8.16. The van der Waals surface area contributed by atoms with Gasteiger partial charge in [-0.25, -0.2) is 0 Å². The van der Waals surface area contributed by atoms with E-state index in [2.05, 4.69) is 10.5 Å². The van der Waals surface area contributed by atoms with Crippen LogP contribution in [0, 0.1) is 6.92 Å². The molecule has 2 aromatic rings. The van der Waals surface area contributed by atoms with Gasteiger partial charge in [-0.3, -0.25) is 9.59 Å². The number of aryl methyl sites for hydroxylation is 1. The van der Waals surface area contributed by atoms with E-state index in [0.717, 1.165) is 6.42 Å². The molecule has 0 saturated carbocycles. The number of amides is 2. The highest BCUT2D eigenvalue weighted by atomic mass is 32.1. The summed E-state index contributed by atoms with van der Waals surface area (Å²) >= 11 is 1.37. The lowest BCUT2D eigenvalue weighted by atomic mass is 10.3. The van der Waals surface area contributed by atoms with Crippen LogP contribution >= 0.6 is 11.3 Å². The molecule has 0 bridgehead atoms. The van der Waals surface area contributed by atoms with Gasteiger partial charge < -0.3 is 14.7 Å². The molecule has 2 rings (SSSR count). The molecule has 2 heterocycles. The lowest BCUT2D eigenvalue weighted by molar-refractivity contribution is -0.116. The Bertz CT molecular complexity index is 607. The van der Waals surface area contributed by atoms with Gasteiger partial charge in [-0.15, -0.1) is 11.3 Å². The molecule has 0 aliphatic heterocycles. The van der Waals surface area contributed by atoms with Crippen LogP contribution in [-0.2, 0) is 4.79 Å². The van der Waals surface area contributed by atoms with E-state index in [4.69, 9.17) is 4.52 Å². The van der Waals surface area contributed by atoms with Crippen LogP contribution in [0.5, 0.6) is 0 Å². The summed E-state index contributed by atoms with van der Waals surface area (Å²) in [5.74, 6) is 0.558. The third-order valence-electron chi connectivity index (χ3n) is 2.74. The quantitative estimate of drug-likeness (QED) is 0.890. The second-order valence-electron chi connectivity index (χ2n) is 4.57. The van der Waals surface area contributed by atoms with Gasteiger partial charge in [0, 0.05) is 12.6 Å². The van der Waals surface area contributed by atoms with Crippen molar-refractivity contribution in [3.63, 3.8) is 0 Å². The molecule has 0 spiro atoms. The number of anilines is 1. The Morgan fingerprint density at radius 3 is 2.86 bits per heavy atom. The second-order valence-corrected chi connectivity index (χ2v) is 5.52. The molecule has 0 radical (unpaired) electrons. The minimum atomic E-state index is -0.290. The molecular weight excluding hydrogens is 290 g/mol. The van der Waals surface area contributed by atoms with Gasteiger partial charge in [-0.1, -0.05) is 18.1 Å². The molecule has 0 aliphatic rings. The van der Waals surface area contributed by atoms with Crippen LogP contribution in [-0.4, -0.2) is 35.0 Å². The van der Waals surface area contributed by atoms with Gasteiger partial charge in [-0.05, 0) is 24.8 Å². The molecular formula is C14H17N3O3S. The monoisotopic (exact) mass is 307 g/mol. The van der Waals surface area contributed by atoms with E-state index in [9.17, 15) is 9.59 Å². The van der Waals surface area contributed by atoms with Crippen molar-refractivity contribution in [2.45, 2.75) is 20.3 Å². The molecule has 0 fully saturated rings. The molecule has 21 heavy (non-hydrogen) atoms. The maximum Gasteiger partial charge on any atom is 0.264 e. The van der Waals surface area contributed by atoms with Gasteiger partial charge >= 0.3 is 0 Å². The molecule has 6 nitrogen and oxygen atoms in total. The number of rotatable bonds is 6. The van der Waals surface area contributed by atoms with Crippen LogP contribution in [0.3, 0.4) is 0 Å². The van der Waals surface area contributed by atoms with Gasteiger partial charge in [0.1, 0.15) is 12.3 Å². The van der Waals surface area contributed by atoms with Crippen molar-refractivity contribution in [1.29, 1.82) is 0 Å². The first-order valence-electron chi connectivity index (χ1n) is 6.66. The molecule has 0 aromatic carbocycles. The van der Waals surface area contributed by atoms with E-state index in [-0.39, 0.29) is 18.4 Å². The molecule has 0 aliphatic carbocycles. The van der Waals surface area contributed by atoms with E-state index in [1.807, 2.05) is 18.4 Å². The first-order valence-corrected chi connectivity index (χ1v) is 7.54. The zero-order valence-electron chi connectivity index (χ0n) is 12.0. The van der Waals surface area contributed by atoms with Gasteiger partial charge in [0.05, 0.1) is 4.88 Å². The predicted molar refractivity (Wildman–Crippen MR) is 80.4 cm³/mol. The largest absolute Gasteiger partial charge is 0.360 e. The van der Waals surface area contributed by atoms with Crippen LogP contribution in [0.4, 0.5) is 5.82 Å². The number of thiophene rings is 1. The Morgan fingerprint density at radius 2 is 2.29 bits per heavy atom.